The SMILES string of the molecule is [2H]c1[nH]c2ccc(C([2H])([2H])S(=O)(=O)NC([2H])([2H])[2H])cc2c1C([2H])([2H])CN(C)C. The number of sulfonamides is 1. The van der Waals surface area contributed by atoms with Crippen molar-refractivity contribution in [2.24, 2.45) is 0 Å². The van der Waals surface area contributed by atoms with Crippen LogP contribution in [-0.2, 0) is 22.1 Å². The van der Waals surface area contributed by atoms with Crippen LogP contribution in [0.5, 0.6) is 0 Å². The number of nitrogens with zero attached hydrogens (tertiary/aromatic N) is 1. The number of aromatic nitrogens is 1. The summed E-state index contributed by atoms with van der Waals surface area (Å²) in [7, 11) is -1.62. The molecule has 0 fully saturated rings. The van der Waals surface area contributed by atoms with Gasteiger partial charge in [0.15, 0.2) is 0 Å². The van der Waals surface area contributed by atoms with E-state index in [-0.39, 0.29) is 29.2 Å². The molecule has 0 aliphatic rings. The third kappa shape index (κ3) is 3.59. The summed E-state index contributed by atoms with van der Waals surface area (Å²) >= 11 is 0. The second kappa shape index (κ2) is 5.95. The van der Waals surface area contributed by atoms with Gasteiger partial charge in [-0.25, -0.2) is 13.1 Å². The Balaban J connectivity index is 2.64. The van der Waals surface area contributed by atoms with E-state index in [0.29, 0.717) is 5.52 Å². The van der Waals surface area contributed by atoms with Crippen LogP contribution in [0.15, 0.2) is 24.4 Å². The topological polar surface area (TPSA) is 65.2 Å². The van der Waals surface area contributed by atoms with Gasteiger partial charge in [-0.15, -0.1) is 0 Å². The first-order chi connectivity index (χ1) is 12.5. The minimum atomic E-state index is -4.94. The highest BCUT2D eigenvalue weighted by Gasteiger charge is 2.11. The Morgan fingerprint density at radius 1 is 1.50 bits per heavy atom. The Kier molecular flexibility index (Phi) is 2.26. The highest BCUT2D eigenvalue weighted by molar-refractivity contribution is 7.88. The van der Waals surface area contributed by atoms with Gasteiger partial charge in [0.2, 0.25) is 10.0 Å². The number of H-pyrrole nitrogens is 1. The number of rotatable bonds is 6. The first kappa shape index (κ1) is 7.59. The summed E-state index contributed by atoms with van der Waals surface area (Å²) in [4.78, 5) is 4.28. The fourth-order valence-electron chi connectivity index (χ4n) is 1.68. The van der Waals surface area contributed by atoms with E-state index in [2.05, 4.69) is 4.98 Å². The van der Waals surface area contributed by atoms with Crippen LogP contribution in [0.25, 0.3) is 10.9 Å². The van der Waals surface area contributed by atoms with Crippen molar-refractivity contribution in [3.8, 4) is 0 Å². The maximum atomic E-state index is 12.3. The average molecular weight is 303 g/mol. The van der Waals surface area contributed by atoms with E-state index >= 15 is 0 Å². The minimum Gasteiger partial charge on any atom is -0.361 e. The van der Waals surface area contributed by atoms with Crippen LogP contribution in [0.4, 0.5) is 0 Å². The molecule has 0 saturated carbocycles. The van der Waals surface area contributed by atoms with Crippen molar-refractivity contribution >= 4 is 20.9 Å². The first-order valence-electron chi connectivity index (χ1n) is 9.79. The predicted octanol–water partition coefficient (Wildman–Crippen LogP) is 1.32. The third-order valence-electron chi connectivity index (χ3n) is 2.57. The number of aromatic amines is 1. The van der Waals surface area contributed by atoms with E-state index < -0.39 is 29.1 Å². The lowest BCUT2D eigenvalue weighted by molar-refractivity contribution is 0.414. The summed E-state index contributed by atoms with van der Waals surface area (Å²) in [5.41, 5.74) is -3.17. The van der Waals surface area contributed by atoms with E-state index in [4.69, 9.17) is 11.0 Å². The molecule has 0 atom stereocenters. The van der Waals surface area contributed by atoms with Crippen LogP contribution in [0.1, 0.15) is 22.1 Å². The van der Waals surface area contributed by atoms with Gasteiger partial charge in [-0.2, -0.15) is 0 Å². The Labute approximate surface area is 131 Å². The molecular weight excluding hydrogens is 274 g/mol. The average Bonchev–Trinajstić information content (AvgIpc) is 2.78. The highest BCUT2D eigenvalue weighted by Crippen LogP contribution is 2.21. The molecule has 2 aromatic rings. The smallest absolute Gasteiger partial charge is 0.215 e. The largest absolute Gasteiger partial charge is 0.361 e. The zero-order valence-corrected chi connectivity index (χ0v) is 11.9. The van der Waals surface area contributed by atoms with Crippen molar-refractivity contribution in [1.29, 1.82) is 0 Å². The van der Waals surface area contributed by atoms with Crippen LogP contribution in [0.3, 0.4) is 0 Å². The molecule has 0 bridgehead atoms. The Bertz CT molecular complexity index is 982. The fraction of sp³-hybridized carbons (Fsp3) is 0.429. The normalized spacial score (nSPS) is 20.4. The summed E-state index contributed by atoms with van der Waals surface area (Å²) < 4.78 is 87.6. The molecule has 0 unspecified atom stereocenters. The summed E-state index contributed by atoms with van der Waals surface area (Å²) in [6, 6.07) is 3.62. The van der Waals surface area contributed by atoms with E-state index in [0.717, 1.165) is 12.1 Å². The van der Waals surface area contributed by atoms with E-state index in [1.54, 1.807) is 19.0 Å². The quantitative estimate of drug-likeness (QED) is 0.846. The van der Waals surface area contributed by atoms with Crippen molar-refractivity contribution in [1.82, 2.24) is 14.6 Å². The number of likely N-dealkylation sites (N-methyl/N-ethyl adjacent to an activating group) is 1. The van der Waals surface area contributed by atoms with Crippen molar-refractivity contribution in [2.45, 2.75) is 12.1 Å². The van der Waals surface area contributed by atoms with Gasteiger partial charge in [-0.1, -0.05) is 6.07 Å². The molecule has 0 aliphatic heterocycles. The van der Waals surface area contributed by atoms with Gasteiger partial charge in [0.05, 0.1) is 7.08 Å². The van der Waals surface area contributed by atoms with Gasteiger partial charge in [-0.05, 0) is 50.7 Å². The van der Waals surface area contributed by atoms with Crippen molar-refractivity contribution in [3.63, 3.8) is 0 Å². The molecule has 1 aromatic carbocycles. The molecule has 5 nitrogen and oxygen atoms in total. The Morgan fingerprint density at radius 3 is 3.00 bits per heavy atom. The molecule has 2 rings (SSSR count). The molecule has 110 valence electrons. The summed E-state index contributed by atoms with van der Waals surface area (Å²) in [5, 5.41) is 0.155. The minimum absolute atomic E-state index is 0.0324. The number of benzene rings is 1. The molecule has 1 aromatic heterocycles. The van der Waals surface area contributed by atoms with Crippen molar-refractivity contribution < 1.29 is 19.4 Å². The maximum absolute atomic E-state index is 12.3. The van der Waals surface area contributed by atoms with E-state index in [1.165, 1.54) is 10.8 Å². The van der Waals surface area contributed by atoms with Crippen LogP contribution in [0, 0.1) is 0 Å². The van der Waals surface area contributed by atoms with Crippen LogP contribution in [-0.4, -0.2) is 45.9 Å². The van der Waals surface area contributed by atoms with E-state index in [9.17, 15) is 8.42 Å². The molecule has 0 radical (unpaired) electrons. The number of hydrogen-bond donors (Lipinski definition) is 2. The molecule has 2 N–H and O–H groups in total. The van der Waals surface area contributed by atoms with Gasteiger partial charge in [-0.3, -0.25) is 0 Å². The summed E-state index contributed by atoms with van der Waals surface area (Å²) in [6.07, 6.45) is -2.18. The lowest BCUT2D eigenvalue weighted by Gasteiger charge is -2.08. The highest BCUT2D eigenvalue weighted by atomic mass is 32.2. The Morgan fingerprint density at radius 2 is 2.30 bits per heavy atom. The lowest BCUT2D eigenvalue weighted by atomic mass is 10.1. The lowest BCUT2D eigenvalue weighted by Crippen LogP contribution is -2.20. The zero-order chi connectivity index (χ0) is 21.7. The summed E-state index contributed by atoms with van der Waals surface area (Å²) in [5.74, 6) is 0. The second-order valence-electron chi connectivity index (χ2n) is 4.51. The number of hydrogen-bond acceptors (Lipinski definition) is 3. The van der Waals surface area contributed by atoms with E-state index in [1.807, 2.05) is 0 Å². The number of fused-ring (bicyclic) bond motifs is 1. The monoisotopic (exact) mass is 303 g/mol. The van der Waals surface area contributed by atoms with Gasteiger partial charge < -0.3 is 9.88 Å². The fourth-order valence-corrected chi connectivity index (χ4v) is 2.17. The molecule has 0 aliphatic carbocycles. The molecule has 0 amide bonds. The van der Waals surface area contributed by atoms with Gasteiger partial charge >= 0.3 is 0 Å². The Hall–Kier alpha value is -1.37. The first-order valence-corrected chi connectivity index (χ1v) is 7.28. The molecule has 0 saturated heterocycles. The zero-order valence-electron chi connectivity index (χ0n) is 19.1. The van der Waals surface area contributed by atoms with Crippen LogP contribution in [0.2, 0.25) is 0 Å². The molecule has 1 heterocycles. The predicted molar refractivity (Wildman–Crippen MR) is 82.2 cm³/mol. The molecule has 20 heavy (non-hydrogen) atoms. The van der Waals surface area contributed by atoms with Crippen molar-refractivity contribution in [3.05, 3.63) is 35.5 Å². The second-order valence-corrected chi connectivity index (χ2v) is 5.92. The molecule has 6 heteroatoms. The van der Waals surface area contributed by atoms with Gasteiger partial charge in [0.1, 0.15) is 0 Å². The van der Waals surface area contributed by atoms with Crippen molar-refractivity contribution in [2.75, 3.05) is 27.6 Å². The molecular formula is C14H21N3O2S. The maximum Gasteiger partial charge on any atom is 0.215 e. The third-order valence-corrected chi connectivity index (χ3v) is 3.34. The van der Waals surface area contributed by atoms with Gasteiger partial charge in [0, 0.05) is 33.2 Å². The van der Waals surface area contributed by atoms with Gasteiger partial charge in [0.25, 0.3) is 0 Å². The molecule has 0 spiro atoms. The van der Waals surface area contributed by atoms with Crippen LogP contribution >= 0.6 is 0 Å². The summed E-state index contributed by atoms with van der Waals surface area (Å²) in [6.45, 7) is -3.16. The number of nitrogens with one attached hydrogen (secondary N) is 2. The standard InChI is InChI=1S/C14H21N3O2S/c1-15-20(18,19)10-11-4-5-14-13(8-11)12(9-16-14)6-7-17(2)3/h4-5,8-9,15-16H,6-7,10H2,1-3H3/i1D3,6D2,9D,10D2. The van der Waals surface area contributed by atoms with Crippen LogP contribution < -0.4 is 4.72 Å².